The third-order valence-electron chi connectivity index (χ3n) is 3.83. The van der Waals surface area contributed by atoms with Crippen LogP contribution in [0.3, 0.4) is 0 Å². The molecule has 5 heteroatoms. The van der Waals surface area contributed by atoms with Gasteiger partial charge in [-0.3, -0.25) is 0 Å². The van der Waals surface area contributed by atoms with Gasteiger partial charge in [-0.2, -0.15) is 0 Å². The largest absolute Gasteiger partial charge is 0.679 e. The highest BCUT2D eigenvalue weighted by atomic mass is 28.4. The maximum absolute atomic E-state index is 6.10. The lowest BCUT2D eigenvalue weighted by Gasteiger charge is -2.29. The van der Waals surface area contributed by atoms with Crippen LogP contribution in [0.25, 0.3) is 0 Å². The minimum atomic E-state index is -3.00. The summed E-state index contributed by atoms with van der Waals surface area (Å²) in [6.07, 6.45) is 7.25. The molecule has 0 heterocycles. The smallest absolute Gasteiger partial charge is 0.351 e. The van der Waals surface area contributed by atoms with Crippen LogP contribution in [-0.4, -0.2) is 35.5 Å². The molecule has 0 amide bonds. The molecule has 0 aliphatic heterocycles. The van der Waals surface area contributed by atoms with Crippen LogP contribution in [0.15, 0.2) is 0 Å². The first-order valence-corrected chi connectivity index (χ1v) is 11.2. The van der Waals surface area contributed by atoms with Gasteiger partial charge in [0, 0.05) is 26.4 Å². The van der Waals surface area contributed by atoms with Gasteiger partial charge in [-0.15, -0.1) is 0 Å². The number of unbranched alkanes of at least 4 members (excludes halogenated alkanes) is 2. The van der Waals surface area contributed by atoms with E-state index in [1.54, 1.807) is 0 Å². The molecule has 0 fully saturated rings. The van der Waals surface area contributed by atoms with Gasteiger partial charge in [0.2, 0.25) is 0 Å². The van der Waals surface area contributed by atoms with E-state index < -0.39 is 9.05 Å². The van der Waals surface area contributed by atoms with Crippen molar-refractivity contribution in [3.8, 4) is 0 Å². The summed E-state index contributed by atoms with van der Waals surface area (Å²) in [5.41, 5.74) is 0. The summed E-state index contributed by atoms with van der Waals surface area (Å²) in [5, 5.41) is 0. The Balaban J connectivity index is 4.53. The predicted octanol–water partition coefficient (Wildman–Crippen LogP) is 5.18. The minimum absolute atomic E-state index is 0.504. The molecule has 2 atom stereocenters. The number of hydrogen-bond acceptors (Lipinski definition) is 4. The topological polar surface area (TPSA) is 36.9 Å². The van der Waals surface area contributed by atoms with Crippen molar-refractivity contribution in [3.63, 3.8) is 0 Å². The van der Waals surface area contributed by atoms with E-state index in [9.17, 15) is 0 Å². The fraction of sp³-hybridized carbons (Fsp3) is 1.00. The quantitative estimate of drug-likeness (QED) is 0.360. The van der Waals surface area contributed by atoms with E-state index in [0.717, 1.165) is 0 Å². The Morgan fingerprint density at radius 3 is 1.35 bits per heavy atom. The lowest BCUT2D eigenvalue weighted by molar-refractivity contribution is -0.0422. The van der Waals surface area contributed by atoms with Crippen LogP contribution >= 0.6 is 0 Å². The van der Waals surface area contributed by atoms with E-state index in [2.05, 4.69) is 27.7 Å². The highest BCUT2D eigenvalue weighted by molar-refractivity contribution is 6.53. The van der Waals surface area contributed by atoms with Gasteiger partial charge in [0.1, 0.15) is 0 Å². The van der Waals surface area contributed by atoms with Gasteiger partial charge in [-0.05, 0) is 38.5 Å². The molecule has 2 unspecified atom stereocenters. The summed E-state index contributed by atoms with van der Waals surface area (Å²) in [6, 6.07) is 0. The number of hydrogen-bond donors (Lipinski definition) is 0. The zero-order valence-electron chi connectivity index (χ0n) is 16.4. The molecule has 0 bridgehead atoms. The molecule has 0 aromatic rings. The molecular formula is C18H40O4Si. The van der Waals surface area contributed by atoms with Gasteiger partial charge >= 0.3 is 9.05 Å². The Morgan fingerprint density at radius 2 is 1.04 bits per heavy atom. The number of rotatable bonds is 16. The van der Waals surface area contributed by atoms with Crippen LogP contribution < -0.4 is 0 Å². The Labute approximate surface area is 145 Å². The summed E-state index contributed by atoms with van der Waals surface area (Å²) < 4.78 is 23.9. The molecule has 0 radical (unpaired) electrons. The standard InChI is InChI=1S/C18H40O4Si/c1-7-11-13-17(5)15-21-23(19-9-3,20-10-4)22-16-18(6)14-12-8-2/h17-18H,7-16H2,1-6H3. The van der Waals surface area contributed by atoms with E-state index in [1.807, 2.05) is 13.8 Å². The predicted molar refractivity (Wildman–Crippen MR) is 98.3 cm³/mol. The van der Waals surface area contributed by atoms with Crippen molar-refractivity contribution >= 4 is 9.05 Å². The molecule has 140 valence electrons. The summed E-state index contributed by atoms with van der Waals surface area (Å²) >= 11 is 0. The Kier molecular flexibility index (Phi) is 14.4. The van der Waals surface area contributed by atoms with Crippen molar-refractivity contribution in [1.82, 2.24) is 0 Å². The van der Waals surface area contributed by atoms with Crippen LogP contribution in [0.4, 0.5) is 0 Å². The van der Waals surface area contributed by atoms with Crippen molar-refractivity contribution in [3.05, 3.63) is 0 Å². The first-order valence-electron chi connectivity index (χ1n) is 9.59. The summed E-state index contributed by atoms with van der Waals surface area (Å²) in [7, 11) is -3.00. The second-order valence-corrected chi connectivity index (χ2v) is 8.64. The van der Waals surface area contributed by atoms with Gasteiger partial charge in [0.25, 0.3) is 0 Å². The van der Waals surface area contributed by atoms with Crippen molar-refractivity contribution in [2.45, 2.75) is 80.1 Å². The molecule has 0 spiro atoms. The van der Waals surface area contributed by atoms with Gasteiger partial charge in [0.05, 0.1) is 0 Å². The maximum atomic E-state index is 6.10. The zero-order chi connectivity index (χ0) is 17.6. The SMILES string of the molecule is CCCCC(C)CO[Si](OCC)(OCC)OCC(C)CCCC. The monoisotopic (exact) mass is 348 g/mol. The highest BCUT2D eigenvalue weighted by Gasteiger charge is 2.45. The molecule has 0 aromatic carbocycles. The van der Waals surface area contributed by atoms with Crippen molar-refractivity contribution in [1.29, 1.82) is 0 Å². The van der Waals surface area contributed by atoms with Crippen molar-refractivity contribution in [2.24, 2.45) is 11.8 Å². The molecule has 0 aliphatic rings. The highest BCUT2D eigenvalue weighted by Crippen LogP contribution is 2.18. The molecule has 0 N–H and O–H groups in total. The van der Waals surface area contributed by atoms with Crippen LogP contribution in [-0.2, 0) is 17.7 Å². The fourth-order valence-electron chi connectivity index (χ4n) is 2.36. The summed E-state index contributed by atoms with van der Waals surface area (Å²) in [5.74, 6) is 1.01. The molecule has 0 saturated heterocycles. The summed E-state index contributed by atoms with van der Waals surface area (Å²) in [6.45, 7) is 15.2. The van der Waals surface area contributed by atoms with Gasteiger partial charge < -0.3 is 17.7 Å². The average Bonchev–Trinajstić information content (AvgIpc) is 2.54. The maximum Gasteiger partial charge on any atom is 0.679 e. The second kappa shape index (κ2) is 14.4. The van der Waals surface area contributed by atoms with Gasteiger partial charge in [-0.25, -0.2) is 0 Å². The lowest BCUT2D eigenvalue weighted by Crippen LogP contribution is -2.50. The lowest BCUT2D eigenvalue weighted by atomic mass is 10.1. The van der Waals surface area contributed by atoms with E-state index >= 15 is 0 Å². The van der Waals surface area contributed by atoms with Crippen LogP contribution in [0, 0.1) is 11.8 Å². The molecule has 0 aliphatic carbocycles. The first kappa shape index (κ1) is 23.1. The first-order chi connectivity index (χ1) is 11.0. The molecule has 0 aromatic heterocycles. The van der Waals surface area contributed by atoms with Gasteiger partial charge in [0.15, 0.2) is 0 Å². The van der Waals surface area contributed by atoms with E-state index in [4.69, 9.17) is 17.7 Å². The minimum Gasteiger partial charge on any atom is -0.351 e. The zero-order valence-corrected chi connectivity index (χ0v) is 17.4. The van der Waals surface area contributed by atoms with Crippen molar-refractivity contribution in [2.75, 3.05) is 26.4 Å². The van der Waals surface area contributed by atoms with Crippen molar-refractivity contribution < 1.29 is 17.7 Å². The molecular weight excluding hydrogens is 308 g/mol. The second-order valence-electron chi connectivity index (χ2n) is 6.48. The molecule has 0 saturated carbocycles. The Bertz CT molecular complexity index is 237. The summed E-state index contributed by atoms with van der Waals surface area (Å²) in [4.78, 5) is 0. The third-order valence-corrected chi connectivity index (χ3v) is 6.16. The van der Waals surface area contributed by atoms with E-state index in [1.165, 1.54) is 38.5 Å². The Hall–Kier alpha value is 0.0569. The Morgan fingerprint density at radius 1 is 0.652 bits per heavy atom. The molecule has 0 rings (SSSR count). The fourth-order valence-corrected chi connectivity index (χ4v) is 4.55. The normalized spacial score (nSPS) is 14.9. The van der Waals surface area contributed by atoms with Crippen LogP contribution in [0.2, 0.25) is 0 Å². The van der Waals surface area contributed by atoms with E-state index in [0.29, 0.717) is 38.3 Å². The van der Waals surface area contributed by atoms with Crippen LogP contribution in [0.5, 0.6) is 0 Å². The molecule has 4 nitrogen and oxygen atoms in total. The van der Waals surface area contributed by atoms with Gasteiger partial charge in [-0.1, -0.05) is 53.4 Å². The third kappa shape index (κ3) is 11.3. The van der Waals surface area contributed by atoms with E-state index in [-0.39, 0.29) is 0 Å². The average molecular weight is 349 g/mol. The molecule has 23 heavy (non-hydrogen) atoms. The van der Waals surface area contributed by atoms with Crippen LogP contribution in [0.1, 0.15) is 80.1 Å².